The molecule has 0 saturated heterocycles. The van der Waals surface area contributed by atoms with Crippen molar-refractivity contribution in [3.05, 3.63) is 42.2 Å². The van der Waals surface area contributed by atoms with E-state index in [1.54, 1.807) is 12.3 Å². The van der Waals surface area contributed by atoms with Crippen molar-refractivity contribution in [2.24, 2.45) is 5.41 Å². The molecule has 1 amide bonds. The second kappa shape index (κ2) is 5.63. The molecule has 0 aliphatic heterocycles. The number of hydrogen-bond acceptors (Lipinski definition) is 3. The fraction of sp³-hybridized carbons (Fsp3) is 0.444. The van der Waals surface area contributed by atoms with Crippen molar-refractivity contribution in [2.75, 3.05) is 6.61 Å². The molecule has 128 valence electrons. The van der Waals surface area contributed by atoms with E-state index in [-0.39, 0.29) is 18.4 Å². The number of carboxylic acid groups (broad SMARTS) is 1. The third-order valence-corrected chi connectivity index (χ3v) is 5.22. The van der Waals surface area contributed by atoms with Crippen LogP contribution in [0.5, 0.6) is 0 Å². The van der Waals surface area contributed by atoms with Gasteiger partial charge in [0.2, 0.25) is 0 Å². The Balaban J connectivity index is 1.87. The summed E-state index contributed by atoms with van der Waals surface area (Å²) in [5.74, 6) is -1.41. The standard InChI is InChI=1S/C18H22N2O4/c1-4-24-14-10-18(16(22)23,17(14,2)3)19-15(21)12-9-13-7-5-6-8-20(13)11-12/h5-9,11,14H,4,10H2,1-3H3,(H,19,21)(H,22,23). The number of pyridine rings is 1. The molecule has 3 rings (SSSR count). The van der Waals surface area contributed by atoms with Gasteiger partial charge in [0.15, 0.2) is 0 Å². The zero-order valence-corrected chi connectivity index (χ0v) is 14.1. The Labute approximate surface area is 140 Å². The van der Waals surface area contributed by atoms with Gasteiger partial charge in [0.25, 0.3) is 5.91 Å². The lowest BCUT2D eigenvalue weighted by Crippen LogP contribution is -2.76. The predicted molar refractivity (Wildman–Crippen MR) is 89.0 cm³/mol. The van der Waals surface area contributed by atoms with Crippen LogP contribution in [-0.2, 0) is 9.53 Å². The van der Waals surface area contributed by atoms with Crippen LogP contribution in [0.4, 0.5) is 0 Å². The van der Waals surface area contributed by atoms with Crippen LogP contribution in [0.3, 0.4) is 0 Å². The van der Waals surface area contributed by atoms with Crippen molar-refractivity contribution in [2.45, 2.75) is 38.8 Å². The lowest BCUT2D eigenvalue weighted by atomic mass is 9.54. The van der Waals surface area contributed by atoms with E-state index in [0.29, 0.717) is 12.2 Å². The Morgan fingerprint density at radius 1 is 1.42 bits per heavy atom. The highest BCUT2D eigenvalue weighted by Gasteiger charge is 2.66. The molecule has 24 heavy (non-hydrogen) atoms. The van der Waals surface area contributed by atoms with Crippen LogP contribution in [0.2, 0.25) is 0 Å². The summed E-state index contributed by atoms with van der Waals surface area (Å²) >= 11 is 0. The maximum atomic E-state index is 12.7. The van der Waals surface area contributed by atoms with E-state index >= 15 is 0 Å². The van der Waals surface area contributed by atoms with Gasteiger partial charge < -0.3 is 19.6 Å². The maximum absolute atomic E-state index is 12.7. The van der Waals surface area contributed by atoms with Gasteiger partial charge in [0.1, 0.15) is 5.54 Å². The number of nitrogens with one attached hydrogen (secondary N) is 1. The Morgan fingerprint density at radius 3 is 2.75 bits per heavy atom. The predicted octanol–water partition coefficient (Wildman–Crippen LogP) is 2.33. The first kappa shape index (κ1) is 16.5. The lowest BCUT2D eigenvalue weighted by Gasteiger charge is -2.58. The number of carbonyl (C=O) groups excluding carboxylic acids is 1. The fourth-order valence-corrected chi connectivity index (χ4v) is 3.48. The summed E-state index contributed by atoms with van der Waals surface area (Å²) in [6, 6.07) is 7.39. The average Bonchev–Trinajstić information content (AvgIpc) is 2.97. The molecule has 2 N–H and O–H groups in total. The number of fused-ring (bicyclic) bond motifs is 1. The normalized spacial score (nSPS) is 25.2. The van der Waals surface area contributed by atoms with Crippen LogP contribution < -0.4 is 5.32 Å². The van der Waals surface area contributed by atoms with Gasteiger partial charge in [0, 0.05) is 36.4 Å². The van der Waals surface area contributed by atoms with Gasteiger partial charge in [0.05, 0.1) is 11.7 Å². The number of rotatable bonds is 5. The maximum Gasteiger partial charge on any atom is 0.330 e. The molecule has 0 spiro atoms. The highest BCUT2D eigenvalue weighted by Crippen LogP contribution is 2.51. The minimum atomic E-state index is -1.32. The second-order valence-corrected chi connectivity index (χ2v) is 6.80. The van der Waals surface area contributed by atoms with Crippen LogP contribution >= 0.6 is 0 Å². The molecule has 2 aromatic heterocycles. The van der Waals surface area contributed by atoms with Crippen molar-refractivity contribution in [1.82, 2.24) is 9.72 Å². The minimum Gasteiger partial charge on any atom is -0.479 e. The van der Waals surface area contributed by atoms with Gasteiger partial charge in [-0.2, -0.15) is 0 Å². The lowest BCUT2D eigenvalue weighted by molar-refractivity contribution is -0.190. The van der Waals surface area contributed by atoms with Gasteiger partial charge in [-0.05, 0) is 25.1 Å². The van der Waals surface area contributed by atoms with Gasteiger partial charge in [-0.25, -0.2) is 4.79 Å². The molecule has 2 unspecified atom stereocenters. The van der Waals surface area contributed by atoms with Crippen LogP contribution in [0.25, 0.3) is 5.52 Å². The molecular formula is C18H22N2O4. The summed E-state index contributed by atoms with van der Waals surface area (Å²) in [5, 5.41) is 12.5. The van der Waals surface area contributed by atoms with Crippen molar-refractivity contribution >= 4 is 17.4 Å². The molecule has 1 saturated carbocycles. The van der Waals surface area contributed by atoms with E-state index in [0.717, 1.165) is 5.52 Å². The first-order valence-corrected chi connectivity index (χ1v) is 8.06. The molecule has 1 aliphatic carbocycles. The molecule has 6 heteroatoms. The number of aliphatic carboxylic acids is 1. The molecule has 1 fully saturated rings. The number of nitrogens with zero attached hydrogens (tertiary/aromatic N) is 1. The Hall–Kier alpha value is -2.34. The SMILES string of the molecule is CCOC1CC(NC(=O)c2cc3ccccn3c2)(C(=O)O)C1(C)C. The summed E-state index contributed by atoms with van der Waals surface area (Å²) < 4.78 is 7.45. The van der Waals surface area contributed by atoms with Crippen LogP contribution in [0.1, 0.15) is 37.6 Å². The van der Waals surface area contributed by atoms with E-state index < -0.39 is 16.9 Å². The summed E-state index contributed by atoms with van der Waals surface area (Å²) in [7, 11) is 0. The number of carbonyl (C=O) groups is 2. The molecular weight excluding hydrogens is 308 g/mol. The Kier molecular flexibility index (Phi) is 3.87. The molecule has 2 atom stereocenters. The number of hydrogen-bond donors (Lipinski definition) is 2. The van der Waals surface area contributed by atoms with Crippen LogP contribution in [0, 0.1) is 5.41 Å². The number of amides is 1. The van der Waals surface area contributed by atoms with Gasteiger partial charge in [-0.1, -0.05) is 19.9 Å². The quantitative estimate of drug-likeness (QED) is 0.882. The van der Waals surface area contributed by atoms with E-state index in [1.807, 2.05) is 49.6 Å². The second-order valence-electron chi connectivity index (χ2n) is 6.80. The monoisotopic (exact) mass is 330 g/mol. The van der Waals surface area contributed by atoms with Crippen molar-refractivity contribution in [3.63, 3.8) is 0 Å². The highest BCUT2D eigenvalue weighted by atomic mass is 16.5. The van der Waals surface area contributed by atoms with Crippen molar-refractivity contribution < 1.29 is 19.4 Å². The third-order valence-electron chi connectivity index (χ3n) is 5.22. The number of aromatic nitrogens is 1. The summed E-state index contributed by atoms with van der Waals surface area (Å²) in [6.07, 6.45) is 3.62. The Morgan fingerprint density at radius 2 is 2.17 bits per heavy atom. The smallest absolute Gasteiger partial charge is 0.330 e. The van der Waals surface area contributed by atoms with E-state index in [4.69, 9.17) is 4.74 Å². The molecule has 0 bridgehead atoms. The van der Waals surface area contributed by atoms with Gasteiger partial charge in [-0.3, -0.25) is 4.79 Å². The minimum absolute atomic E-state index is 0.188. The molecule has 2 heterocycles. The molecule has 0 radical (unpaired) electrons. The number of ether oxygens (including phenoxy) is 1. The van der Waals surface area contributed by atoms with E-state index in [9.17, 15) is 14.7 Å². The summed E-state index contributed by atoms with van der Waals surface area (Å²) in [6.45, 7) is 6.04. The fourth-order valence-electron chi connectivity index (χ4n) is 3.48. The molecule has 6 nitrogen and oxygen atoms in total. The topological polar surface area (TPSA) is 80.0 Å². The average molecular weight is 330 g/mol. The Bertz CT molecular complexity index is 762. The zero-order valence-electron chi connectivity index (χ0n) is 14.1. The van der Waals surface area contributed by atoms with E-state index in [2.05, 4.69) is 5.32 Å². The number of carboxylic acids is 1. The van der Waals surface area contributed by atoms with Gasteiger partial charge in [-0.15, -0.1) is 0 Å². The third kappa shape index (κ3) is 2.29. The molecule has 2 aromatic rings. The van der Waals surface area contributed by atoms with Crippen LogP contribution in [0.15, 0.2) is 36.7 Å². The summed E-state index contributed by atoms with van der Waals surface area (Å²) in [4.78, 5) is 24.6. The first-order chi connectivity index (χ1) is 11.3. The van der Waals surface area contributed by atoms with Crippen molar-refractivity contribution in [1.29, 1.82) is 0 Å². The first-order valence-electron chi connectivity index (χ1n) is 8.06. The van der Waals surface area contributed by atoms with Gasteiger partial charge >= 0.3 is 5.97 Å². The van der Waals surface area contributed by atoms with Crippen molar-refractivity contribution in [3.8, 4) is 0 Å². The van der Waals surface area contributed by atoms with E-state index in [1.165, 1.54) is 0 Å². The molecule has 0 aromatic carbocycles. The summed E-state index contributed by atoms with van der Waals surface area (Å²) in [5.41, 5.74) is -0.689. The molecule has 1 aliphatic rings. The van der Waals surface area contributed by atoms with Crippen LogP contribution in [-0.4, -0.2) is 39.6 Å². The largest absolute Gasteiger partial charge is 0.479 e. The zero-order chi connectivity index (χ0) is 17.5. The highest BCUT2D eigenvalue weighted by molar-refractivity contribution is 5.99.